The van der Waals surface area contributed by atoms with Crippen molar-refractivity contribution < 1.29 is 13.2 Å². The van der Waals surface area contributed by atoms with Gasteiger partial charge in [-0.15, -0.1) is 11.3 Å². The summed E-state index contributed by atoms with van der Waals surface area (Å²) in [7, 11) is -3.39. The number of halogens is 1. The summed E-state index contributed by atoms with van der Waals surface area (Å²) in [6, 6.07) is 3.31. The van der Waals surface area contributed by atoms with Gasteiger partial charge in [0.25, 0.3) is 0 Å². The van der Waals surface area contributed by atoms with Gasteiger partial charge in [0.2, 0.25) is 10.0 Å². The van der Waals surface area contributed by atoms with Gasteiger partial charge in [-0.25, -0.2) is 13.1 Å². The molecule has 1 aliphatic rings. The van der Waals surface area contributed by atoms with E-state index < -0.39 is 10.0 Å². The van der Waals surface area contributed by atoms with Gasteiger partial charge >= 0.3 is 0 Å². The van der Waals surface area contributed by atoms with E-state index in [1.807, 2.05) is 6.92 Å². The fraction of sp³-hybridized carbons (Fsp3) is 0.636. The van der Waals surface area contributed by atoms with Crippen LogP contribution in [0.5, 0.6) is 0 Å². The number of rotatable bonds is 4. The summed E-state index contributed by atoms with van der Waals surface area (Å²) >= 11 is 4.50. The van der Waals surface area contributed by atoms with Gasteiger partial charge in [-0.1, -0.05) is 0 Å². The summed E-state index contributed by atoms with van der Waals surface area (Å²) in [6.07, 6.45) is 1.83. The lowest BCUT2D eigenvalue weighted by atomic mass is 9.94. The summed E-state index contributed by atoms with van der Waals surface area (Å²) in [5.41, 5.74) is 0. The molecule has 1 aromatic rings. The Kier molecular flexibility index (Phi) is 4.82. The number of hydrogen-bond donors (Lipinski definition) is 1. The Bertz CT molecular complexity index is 494. The molecular weight excluding hydrogens is 338 g/mol. The van der Waals surface area contributed by atoms with E-state index in [2.05, 4.69) is 20.7 Å². The van der Waals surface area contributed by atoms with Crippen LogP contribution in [0.15, 0.2) is 20.1 Å². The molecule has 0 bridgehead atoms. The van der Waals surface area contributed by atoms with Gasteiger partial charge in [0.1, 0.15) is 4.21 Å². The number of sulfonamides is 1. The van der Waals surface area contributed by atoms with Gasteiger partial charge in [0.15, 0.2) is 0 Å². The third kappa shape index (κ3) is 3.54. The van der Waals surface area contributed by atoms with Crippen LogP contribution in [0.2, 0.25) is 0 Å². The molecule has 7 heteroatoms. The lowest BCUT2D eigenvalue weighted by Gasteiger charge is -2.27. The quantitative estimate of drug-likeness (QED) is 0.904. The second-order valence-corrected chi connectivity index (χ2v) is 8.82. The van der Waals surface area contributed by atoms with Crippen molar-refractivity contribution >= 4 is 37.3 Å². The van der Waals surface area contributed by atoms with E-state index in [1.54, 1.807) is 12.1 Å². The number of thiophene rings is 1. The molecule has 1 N–H and O–H groups in total. The van der Waals surface area contributed by atoms with Crippen molar-refractivity contribution in [1.82, 2.24) is 4.72 Å². The van der Waals surface area contributed by atoms with Gasteiger partial charge in [0.05, 0.1) is 3.79 Å². The Morgan fingerprint density at radius 3 is 2.67 bits per heavy atom. The van der Waals surface area contributed by atoms with Crippen LogP contribution in [0.4, 0.5) is 0 Å². The van der Waals surface area contributed by atoms with Gasteiger partial charge in [-0.2, -0.15) is 0 Å². The molecule has 2 rings (SSSR count). The molecule has 1 aliphatic heterocycles. The first kappa shape index (κ1) is 14.5. The average Bonchev–Trinajstić information content (AvgIpc) is 2.77. The highest BCUT2D eigenvalue weighted by molar-refractivity contribution is 9.11. The summed E-state index contributed by atoms with van der Waals surface area (Å²) in [5.74, 6) is 0.358. The van der Waals surface area contributed by atoms with Crippen LogP contribution < -0.4 is 4.72 Å². The highest BCUT2D eigenvalue weighted by Crippen LogP contribution is 2.27. The molecule has 2 heterocycles. The minimum absolute atomic E-state index is 0.0558. The zero-order valence-electron chi connectivity index (χ0n) is 10.1. The van der Waals surface area contributed by atoms with Crippen molar-refractivity contribution in [2.24, 2.45) is 5.92 Å². The summed E-state index contributed by atoms with van der Waals surface area (Å²) in [5, 5.41) is 0. The van der Waals surface area contributed by atoms with Crippen molar-refractivity contribution in [3.63, 3.8) is 0 Å². The van der Waals surface area contributed by atoms with Crippen molar-refractivity contribution in [3.05, 3.63) is 15.9 Å². The van der Waals surface area contributed by atoms with Gasteiger partial charge in [0, 0.05) is 19.3 Å². The molecular formula is C11H16BrNO3S2. The standard InChI is InChI=1S/C11H16BrNO3S2/c1-8(9-4-6-16-7-5-9)13-18(14,15)11-3-2-10(12)17-11/h2-3,8-9,13H,4-7H2,1H3. The highest BCUT2D eigenvalue weighted by Gasteiger charge is 2.26. The van der Waals surface area contributed by atoms with Crippen molar-refractivity contribution in [1.29, 1.82) is 0 Å². The molecule has 1 fully saturated rings. The van der Waals surface area contributed by atoms with Gasteiger partial charge in [-0.05, 0) is 53.7 Å². The molecule has 0 saturated carbocycles. The summed E-state index contributed by atoms with van der Waals surface area (Å²) in [4.78, 5) is 0. The van der Waals surface area contributed by atoms with Crippen LogP contribution in [0, 0.1) is 5.92 Å². The van der Waals surface area contributed by atoms with Crippen molar-refractivity contribution in [2.45, 2.75) is 30.0 Å². The zero-order chi connectivity index (χ0) is 13.2. The average molecular weight is 354 g/mol. The second kappa shape index (κ2) is 6.00. The van der Waals surface area contributed by atoms with E-state index in [9.17, 15) is 8.42 Å². The summed E-state index contributed by atoms with van der Waals surface area (Å²) < 4.78 is 33.5. The Balaban J connectivity index is 2.03. The molecule has 18 heavy (non-hydrogen) atoms. The summed E-state index contributed by atoms with van der Waals surface area (Å²) in [6.45, 7) is 3.37. The van der Waals surface area contributed by atoms with E-state index >= 15 is 0 Å². The number of ether oxygens (including phenoxy) is 1. The van der Waals surface area contributed by atoms with Crippen LogP contribution >= 0.6 is 27.3 Å². The molecule has 4 nitrogen and oxygen atoms in total. The normalized spacial score (nSPS) is 19.9. The largest absolute Gasteiger partial charge is 0.381 e. The first-order valence-electron chi connectivity index (χ1n) is 5.84. The van der Waals surface area contributed by atoms with Crippen LogP contribution in [0.1, 0.15) is 19.8 Å². The molecule has 0 amide bonds. The molecule has 0 aromatic carbocycles. The lowest BCUT2D eigenvalue weighted by molar-refractivity contribution is 0.0586. The predicted octanol–water partition coefficient (Wildman–Crippen LogP) is 2.60. The fourth-order valence-corrected chi connectivity index (χ4v) is 5.40. The Hall–Kier alpha value is 0.0500. The topological polar surface area (TPSA) is 55.4 Å². The molecule has 1 saturated heterocycles. The number of nitrogens with one attached hydrogen (secondary N) is 1. The van der Waals surface area contributed by atoms with Crippen LogP contribution in [-0.2, 0) is 14.8 Å². The molecule has 0 spiro atoms. The lowest BCUT2D eigenvalue weighted by Crippen LogP contribution is -2.39. The predicted molar refractivity (Wildman–Crippen MR) is 75.3 cm³/mol. The third-order valence-corrected chi connectivity index (χ3v) is 6.80. The van der Waals surface area contributed by atoms with Crippen LogP contribution in [-0.4, -0.2) is 27.7 Å². The SMILES string of the molecule is CC(NS(=O)(=O)c1ccc(Br)s1)C1CCOCC1. The Labute approximate surface area is 120 Å². The zero-order valence-corrected chi connectivity index (χ0v) is 13.3. The molecule has 1 aromatic heterocycles. The van der Waals surface area contributed by atoms with E-state index in [0.29, 0.717) is 10.1 Å². The van der Waals surface area contributed by atoms with Crippen LogP contribution in [0.25, 0.3) is 0 Å². The van der Waals surface area contributed by atoms with E-state index in [-0.39, 0.29) is 6.04 Å². The molecule has 102 valence electrons. The maximum absolute atomic E-state index is 12.1. The fourth-order valence-electron chi connectivity index (χ4n) is 2.06. The molecule has 0 aliphatic carbocycles. The first-order chi connectivity index (χ1) is 8.49. The smallest absolute Gasteiger partial charge is 0.250 e. The third-order valence-electron chi connectivity index (χ3n) is 3.13. The van der Waals surface area contributed by atoms with Crippen molar-refractivity contribution in [3.8, 4) is 0 Å². The molecule has 1 unspecified atom stereocenters. The maximum Gasteiger partial charge on any atom is 0.250 e. The highest BCUT2D eigenvalue weighted by atomic mass is 79.9. The van der Waals surface area contributed by atoms with Crippen molar-refractivity contribution in [2.75, 3.05) is 13.2 Å². The minimum atomic E-state index is -3.39. The second-order valence-electron chi connectivity index (χ2n) is 4.42. The van der Waals surface area contributed by atoms with Gasteiger partial charge < -0.3 is 4.74 Å². The Morgan fingerprint density at radius 2 is 2.11 bits per heavy atom. The maximum atomic E-state index is 12.1. The van der Waals surface area contributed by atoms with E-state index in [4.69, 9.17) is 4.74 Å². The van der Waals surface area contributed by atoms with Crippen LogP contribution in [0.3, 0.4) is 0 Å². The monoisotopic (exact) mass is 353 g/mol. The van der Waals surface area contributed by atoms with E-state index in [1.165, 1.54) is 11.3 Å². The first-order valence-corrected chi connectivity index (χ1v) is 8.94. The van der Waals surface area contributed by atoms with Gasteiger partial charge in [-0.3, -0.25) is 0 Å². The number of hydrogen-bond acceptors (Lipinski definition) is 4. The molecule has 1 atom stereocenters. The minimum Gasteiger partial charge on any atom is -0.381 e. The van der Waals surface area contributed by atoms with E-state index in [0.717, 1.165) is 29.8 Å². The Morgan fingerprint density at radius 1 is 1.44 bits per heavy atom. The molecule has 0 radical (unpaired) electrons.